The van der Waals surface area contributed by atoms with Gasteiger partial charge >= 0.3 is 0 Å². The number of aliphatic imine (C=N–C) groups is 2. The SMILES string of the molecule is CCCC(N)=NCCN(CCCCCN(CCNCCNC(=O)C(CCNC(N)N)NC)CCN(CCNC)CCNCCN)CCNC(=O)C(N)CCCN=C(N)N. The minimum absolute atomic E-state index is 0.0361. The van der Waals surface area contributed by atoms with E-state index < -0.39 is 12.3 Å². The molecule has 0 aromatic rings. The normalized spacial score (nSPS) is 13.1. The molecule has 59 heavy (non-hydrogen) atoms. The molecule has 0 fully saturated rings. The molecule has 0 aromatic carbocycles. The molecule has 0 saturated carbocycles. The van der Waals surface area contributed by atoms with E-state index in [4.69, 9.17) is 40.1 Å². The Labute approximate surface area is 356 Å². The highest BCUT2D eigenvalue weighted by Gasteiger charge is 2.16. The zero-order valence-corrected chi connectivity index (χ0v) is 37.1. The summed E-state index contributed by atoms with van der Waals surface area (Å²) in [4.78, 5) is 41.2. The first-order valence-corrected chi connectivity index (χ1v) is 22.0. The van der Waals surface area contributed by atoms with Crippen LogP contribution in [0, 0.1) is 0 Å². The quantitative estimate of drug-likeness (QED) is 0.0118. The predicted molar refractivity (Wildman–Crippen MR) is 245 cm³/mol. The Kier molecular flexibility index (Phi) is 37.5. The van der Waals surface area contributed by atoms with Gasteiger partial charge in [0.2, 0.25) is 11.8 Å². The Hall–Kier alpha value is -2.80. The Morgan fingerprint density at radius 3 is 1.83 bits per heavy atom. The Balaban J connectivity index is 5.18. The third-order valence-electron chi connectivity index (χ3n) is 9.74. The second-order valence-electron chi connectivity index (χ2n) is 14.8. The molecule has 21 N–H and O–H groups in total. The number of nitrogens with one attached hydrogen (secondary N) is 7. The zero-order valence-electron chi connectivity index (χ0n) is 37.1. The van der Waals surface area contributed by atoms with Gasteiger partial charge in [-0.05, 0) is 72.3 Å². The van der Waals surface area contributed by atoms with Gasteiger partial charge in [-0.1, -0.05) is 13.3 Å². The van der Waals surface area contributed by atoms with Crippen LogP contribution in [-0.2, 0) is 9.59 Å². The Morgan fingerprint density at radius 2 is 1.22 bits per heavy atom. The lowest BCUT2D eigenvalue weighted by Crippen LogP contribution is -2.49. The van der Waals surface area contributed by atoms with E-state index in [9.17, 15) is 9.59 Å². The summed E-state index contributed by atoms with van der Waals surface area (Å²) >= 11 is 0. The molecule has 0 bridgehead atoms. The topological polar surface area (TPSA) is 335 Å². The number of nitrogens with two attached hydrogens (primary N) is 7. The minimum atomic E-state index is -0.607. The summed E-state index contributed by atoms with van der Waals surface area (Å²) in [6.45, 7) is 17.7. The highest BCUT2D eigenvalue weighted by molar-refractivity contribution is 5.82. The Bertz CT molecular complexity index is 1070. The fourth-order valence-electron chi connectivity index (χ4n) is 6.22. The van der Waals surface area contributed by atoms with Crippen molar-refractivity contribution in [1.82, 2.24) is 51.9 Å². The highest BCUT2D eigenvalue weighted by atomic mass is 16.2. The van der Waals surface area contributed by atoms with Gasteiger partial charge in [0.15, 0.2) is 5.96 Å². The molecule has 2 unspecified atom stereocenters. The van der Waals surface area contributed by atoms with E-state index in [0.29, 0.717) is 77.5 Å². The van der Waals surface area contributed by atoms with Crippen molar-refractivity contribution >= 4 is 23.6 Å². The number of guanidine groups is 1. The van der Waals surface area contributed by atoms with Gasteiger partial charge < -0.3 is 76.9 Å². The number of amidine groups is 1. The average molecular weight is 844 g/mol. The lowest BCUT2D eigenvalue weighted by atomic mass is 10.1. The third kappa shape index (κ3) is 34.6. The second kappa shape index (κ2) is 39.3. The number of hydrogen-bond donors (Lipinski definition) is 14. The van der Waals surface area contributed by atoms with Crippen molar-refractivity contribution in [3.63, 3.8) is 0 Å². The van der Waals surface area contributed by atoms with Crippen LogP contribution in [0.1, 0.15) is 58.3 Å². The molecule has 2 amide bonds. The van der Waals surface area contributed by atoms with Crippen LogP contribution in [0.5, 0.6) is 0 Å². The van der Waals surface area contributed by atoms with E-state index in [1.54, 1.807) is 7.05 Å². The molecule has 0 rings (SSSR count). The standard InChI is InChI=1S/C38H89N19O2/c1-4-9-34(41)50-21-28-55(29-22-52-35(58)32(40)10-8-13-53-37(42)43)23-6-5-7-24-56(30-31-57(25-18-46-2)27-19-48-15-12-39)26-20-49-16-17-51-36(59)33(47-3)11-14-54-38(44)45/h32-33,38,46-49,54H,4-31,39-40,44-45H2,1-3H3,(H2,41,50)(H,51,59)(H,52,58)(H4,42,43,53). The van der Waals surface area contributed by atoms with E-state index >= 15 is 0 Å². The van der Waals surface area contributed by atoms with E-state index in [1.165, 1.54) is 0 Å². The maximum atomic E-state index is 12.6. The maximum absolute atomic E-state index is 12.6. The summed E-state index contributed by atoms with van der Waals surface area (Å²) in [5.41, 5.74) is 39.7. The van der Waals surface area contributed by atoms with Gasteiger partial charge in [-0.25, -0.2) is 0 Å². The molecular formula is C38H89N19O2. The molecule has 0 aliphatic carbocycles. The molecule has 348 valence electrons. The van der Waals surface area contributed by atoms with Crippen LogP contribution in [0.4, 0.5) is 0 Å². The van der Waals surface area contributed by atoms with Crippen molar-refractivity contribution in [1.29, 1.82) is 0 Å². The van der Waals surface area contributed by atoms with Crippen LogP contribution >= 0.6 is 0 Å². The van der Waals surface area contributed by atoms with Crippen molar-refractivity contribution in [3.8, 4) is 0 Å². The summed E-state index contributed by atoms with van der Waals surface area (Å²) in [5.74, 6) is 0.507. The third-order valence-corrected chi connectivity index (χ3v) is 9.74. The lowest BCUT2D eigenvalue weighted by molar-refractivity contribution is -0.123. The first-order chi connectivity index (χ1) is 28.5. The van der Waals surface area contributed by atoms with Gasteiger partial charge in [0.05, 0.1) is 24.5 Å². The van der Waals surface area contributed by atoms with Crippen molar-refractivity contribution < 1.29 is 9.59 Å². The zero-order chi connectivity index (χ0) is 43.9. The molecule has 0 aromatic heterocycles. The van der Waals surface area contributed by atoms with Crippen molar-refractivity contribution in [2.24, 2.45) is 50.1 Å². The van der Waals surface area contributed by atoms with E-state index in [1.807, 2.05) is 7.05 Å². The fourth-order valence-corrected chi connectivity index (χ4v) is 6.22. The molecule has 0 radical (unpaired) electrons. The fraction of sp³-hybridized carbons (Fsp3) is 0.895. The molecule has 21 heteroatoms. The van der Waals surface area contributed by atoms with Crippen LogP contribution < -0.4 is 77.4 Å². The average Bonchev–Trinajstić information content (AvgIpc) is 3.20. The number of likely N-dealkylation sites (N-methyl/N-ethyl adjacent to an activating group) is 2. The van der Waals surface area contributed by atoms with Crippen LogP contribution in [-0.4, -0.2) is 202 Å². The number of rotatable bonds is 42. The maximum Gasteiger partial charge on any atom is 0.237 e. The number of amides is 2. The lowest BCUT2D eigenvalue weighted by Gasteiger charge is -2.28. The van der Waals surface area contributed by atoms with Gasteiger partial charge in [0.1, 0.15) is 6.29 Å². The summed E-state index contributed by atoms with van der Waals surface area (Å²) in [5, 5.41) is 22.2. The van der Waals surface area contributed by atoms with Gasteiger partial charge in [-0.3, -0.25) is 34.7 Å². The first-order valence-electron chi connectivity index (χ1n) is 22.0. The number of nitrogens with zero attached hydrogens (tertiary/aromatic N) is 5. The summed E-state index contributed by atoms with van der Waals surface area (Å²) < 4.78 is 0. The van der Waals surface area contributed by atoms with Gasteiger partial charge in [0, 0.05) is 111 Å². The first kappa shape index (κ1) is 56.2. The van der Waals surface area contributed by atoms with E-state index in [-0.39, 0.29) is 23.8 Å². The molecule has 0 saturated heterocycles. The monoisotopic (exact) mass is 844 g/mol. The second-order valence-corrected chi connectivity index (χ2v) is 14.8. The van der Waals surface area contributed by atoms with Crippen molar-refractivity contribution in [3.05, 3.63) is 0 Å². The molecule has 21 nitrogen and oxygen atoms in total. The van der Waals surface area contributed by atoms with E-state index in [2.05, 4.69) is 68.8 Å². The summed E-state index contributed by atoms with van der Waals surface area (Å²) in [6.07, 6.45) is 6.05. The smallest absolute Gasteiger partial charge is 0.237 e. The van der Waals surface area contributed by atoms with Crippen molar-refractivity contribution in [2.75, 3.05) is 145 Å². The van der Waals surface area contributed by atoms with Gasteiger partial charge in [-0.15, -0.1) is 0 Å². The number of carbonyl (C=O) groups excluding carboxylic acids is 2. The number of carbonyl (C=O) groups is 2. The van der Waals surface area contributed by atoms with Gasteiger partial charge in [0.25, 0.3) is 0 Å². The van der Waals surface area contributed by atoms with Crippen LogP contribution in [0.3, 0.4) is 0 Å². The molecule has 0 aliphatic rings. The minimum Gasteiger partial charge on any atom is -0.387 e. The number of hydrogen-bond acceptors (Lipinski definition) is 16. The van der Waals surface area contributed by atoms with Crippen LogP contribution in [0.25, 0.3) is 0 Å². The van der Waals surface area contributed by atoms with Crippen molar-refractivity contribution in [2.45, 2.75) is 76.7 Å². The van der Waals surface area contributed by atoms with Crippen LogP contribution in [0.2, 0.25) is 0 Å². The summed E-state index contributed by atoms with van der Waals surface area (Å²) in [6, 6.07) is -0.924. The van der Waals surface area contributed by atoms with Gasteiger partial charge in [-0.2, -0.15) is 0 Å². The van der Waals surface area contributed by atoms with E-state index in [0.717, 1.165) is 111 Å². The molecule has 0 heterocycles. The van der Waals surface area contributed by atoms with Crippen LogP contribution in [0.15, 0.2) is 9.98 Å². The highest BCUT2D eigenvalue weighted by Crippen LogP contribution is 2.03. The predicted octanol–water partition coefficient (Wildman–Crippen LogP) is -5.04. The molecule has 2 atom stereocenters. The Morgan fingerprint density at radius 1 is 0.610 bits per heavy atom. The number of unbranched alkanes of at least 4 members (excludes halogenated alkanes) is 2. The summed E-state index contributed by atoms with van der Waals surface area (Å²) in [7, 11) is 3.76. The largest absolute Gasteiger partial charge is 0.387 e. The molecular weight excluding hydrogens is 755 g/mol. The molecule has 0 spiro atoms. The molecule has 0 aliphatic heterocycles.